The highest BCUT2D eigenvalue weighted by atomic mass is 79.9. The Hall–Kier alpha value is -1.29. The second-order valence-corrected chi connectivity index (χ2v) is 5.16. The van der Waals surface area contributed by atoms with E-state index in [1.165, 1.54) is 12.8 Å². The minimum absolute atomic E-state index is 0.658. The van der Waals surface area contributed by atoms with E-state index in [0.717, 1.165) is 27.3 Å². The molecule has 1 aromatic heterocycles. The van der Waals surface area contributed by atoms with Gasteiger partial charge in [0.1, 0.15) is 11.6 Å². The van der Waals surface area contributed by atoms with Crippen LogP contribution < -0.4 is 4.74 Å². The molecular formula is C13H13BrN2O. The summed E-state index contributed by atoms with van der Waals surface area (Å²) in [7, 11) is 1.67. The van der Waals surface area contributed by atoms with Crippen molar-refractivity contribution >= 4 is 15.9 Å². The first-order valence-electron chi connectivity index (χ1n) is 5.67. The van der Waals surface area contributed by atoms with Gasteiger partial charge in [-0.2, -0.15) is 0 Å². The van der Waals surface area contributed by atoms with Gasteiger partial charge in [0.25, 0.3) is 0 Å². The molecule has 1 heterocycles. The summed E-state index contributed by atoms with van der Waals surface area (Å²) < 4.78 is 6.17. The molecule has 0 aliphatic heterocycles. The monoisotopic (exact) mass is 292 g/mol. The van der Waals surface area contributed by atoms with Crippen LogP contribution in [0.1, 0.15) is 24.6 Å². The van der Waals surface area contributed by atoms with Crippen LogP contribution in [-0.4, -0.2) is 17.1 Å². The molecule has 1 saturated carbocycles. The number of hydrogen-bond donors (Lipinski definition) is 1. The van der Waals surface area contributed by atoms with E-state index in [9.17, 15) is 0 Å². The number of imidazole rings is 1. The zero-order chi connectivity index (χ0) is 11.8. The Morgan fingerprint density at radius 1 is 1.41 bits per heavy atom. The van der Waals surface area contributed by atoms with Gasteiger partial charge >= 0.3 is 0 Å². The average Bonchev–Trinajstić information content (AvgIpc) is 3.07. The molecule has 17 heavy (non-hydrogen) atoms. The van der Waals surface area contributed by atoms with Crippen molar-refractivity contribution in [3.63, 3.8) is 0 Å². The average molecular weight is 293 g/mol. The Bertz CT molecular complexity index is 546. The molecule has 1 aliphatic carbocycles. The molecule has 4 heteroatoms. The molecule has 0 radical (unpaired) electrons. The fraction of sp³-hybridized carbons (Fsp3) is 0.308. The van der Waals surface area contributed by atoms with E-state index in [1.54, 1.807) is 7.11 Å². The number of ether oxygens (including phenoxy) is 1. The third kappa shape index (κ3) is 2.09. The van der Waals surface area contributed by atoms with Gasteiger partial charge in [-0.05, 0) is 47.0 Å². The number of benzene rings is 1. The number of rotatable bonds is 3. The van der Waals surface area contributed by atoms with Crippen molar-refractivity contribution in [1.82, 2.24) is 9.97 Å². The Labute approximate surface area is 108 Å². The third-order valence-corrected chi connectivity index (χ3v) is 3.64. The number of aromatic amines is 1. The highest BCUT2D eigenvalue weighted by molar-refractivity contribution is 9.10. The molecule has 0 atom stereocenters. The van der Waals surface area contributed by atoms with E-state index in [2.05, 4.69) is 25.9 Å². The number of nitrogens with zero attached hydrogens (tertiary/aromatic N) is 1. The zero-order valence-corrected chi connectivity index (χ0v) is 11.1. The summed E-state index contributed by atoms with van der Waals surface area (Å²) in [4.78, 5) is 7.81. The summed E-state index contributed by atoms with van der Waals surface area (Å²) in [5.74, 6) is 2.62. The van der Waals surface area contributed by atoms with Crippen LogP contribution in [0.4, 0.5) is 0 Å². The Balaban J connectivity index is 1.93. The van der Waals surface area contributed by atoms with Gasteiger partial charge < -0.3 is 9.72 Å². The molecule has 2 aromatic rings. The molecule has 1 aromatic carbocycles. The molecule has 0 saturated heterocycles. The first kappa shape index (κ1) is 10.8. The molecule has 0 amide bonds. The van der Waals surface area contributed by atoms with Gasteiger partial charge in [0.2, 0.25) is 0 Å². The van der Waals surface area contributed by atoms with Crippen LogP contribution in [0, 0.1) is 0 Å². The van der Waals surface area contributed by atoms with Crippen molar-refractivity contribution in [2.24, 2.45) is 0 Å². The van der Waals surface area contributed by atoms with Gasteiger partial charge in [-0.15, -0.1) is 0 Å². The van der Waals surface area contributed by atoms with Crippen LogP contribution in [0.3, 0.4) is 0 Å². The largest absolute Gasteiger partial charge is 0.496 e. The lowest BCUT2D eigenvalue weighted by molar-refractivity contribution is 0.412. The molecule has 0 bridgehead atoms. The SMILES string of the molecule is COc1ccc(-c2cnc(C3CC3)[nH]2)cc1Br. The molecule has 1 N–H and O–H groups in total. The van der Waals surface area contributed by atoms with Crippen LogP contribution in [0.2, 0.25) is 0 Å². The van der Waals surface area contributed by atoms with Gasteiger partial charge in [-0.3, -0.25) is 0 Å². The van der Waals surface area contributed by atoms with Gasteiger partial charge in [-0.1, -0.05) is 0 Å². The topological polar surface area (TPSA) is 37.9 Å². The van der Waals surface area contributed by atoms with Crippen LogP contribution in [0.5, 0.6) is 5.75 Å². The predicted octanol–water partition coefficient (Wildman–Crippen LogP) is 3.73. The molecule has 0 spiro atoms. The lowest BCUT2D eigenvalue weighted by Gasteiger charge is -2.04. The number of H-pyrrole nitrogens is 1. The first-order valence-corrected chi connectivity index (χ1v) is 6.46. The number of halogens is 1. The second kappa shape index (κ2) is 4.18. The lowest BCUT2D eigenvalue weighted by atomic mass is 10.2. The van der Waals surface area contributed by atoms with Crippen molar-refractivity contribution in [1.29, 1.82) is 0 Å². The van der Waals surface area contributed by atoms with E-state index in [4.69, 9.17) is 4.74 Å². The Morgan fingerprint density at radius 3 is 2.88 bits per heavy atom. The van der Waals surface area contributed by atoms with Crippen LogP contribution in [-0.2, 0) is 0 Å². The fourth-order valence-corrected chi connectivity index (χ4v) is 2.42. The fourth-order valence-electron chi connectivity index (χ4n) is 1.88. The van der Waals surface area contributed by atoms with Crippen LogP contribution >= 0.6 is 15.9 Å². The number of hydrogen-bond acceptors (Lipinski definition) is 2. The van der Waals surface area contributed by atoms with Crippen molar-refractivity contribution in [3.05, 3.63) is 34.7 Å². The molecule has 88 valence electrons. The first-order chi connectivity index (χ1) is 8.28. The van der Waals surface area contributed by atoms with Crippen LogP contribution in [0.25, 0.3) is 11.3 Å². The normalized spacial score (nSPS) is 14.9. The predicted molar refractivity (Wildman–Crippen MR) is 70.3 cm³/mol. The maximum Gasteiger partial charge on any atom is 0.133 e. The van der Waals surface area contributed by atoms with Gasteiger partial charge in [-0.25, -0.2) is 4.98 Å². The van der Waals surface area contributed by atoms with E-state index in [-0.39, 0.29) is 0 Å². The van der Waals surface area contributed by atoms with E-state index in [1.807, 2.05) is 24.4 Å². The van der Waals surface area contributed by atoms with Gasteiger partial charge in [0.15, 0.2) is 0 Å². The summed E-state index contributed by atoms with van der Waals surface area (Å²) >= 11 is 3.49. The minimum Gasteiger partial charge on any atom is -0.496 e. The molecule has 1 aliphatic rings. The van der Waals surface area contributed by atoms with Crippen molar-refractivity contribution in [3.8, 4) is 17.0 Å². The summed E-state index contributed by atoms with van der Waals surface area (Å²) in [6.07, 6.45) is 4.43. The summed E-state index contributed by atoms with van der Waals surface area (Å²) in [6, 6.07) is 6.04. The molecule has 3 nitrogen and oxygen atoms in total. The lowest BCUT2D eigenvalue weighted by Crippen LogP contribution is -1.86. The summed E-state index contributed by atoms with van der Waals surface area (Å²) in [5, 5.41) is 0. The smallest absolute Gasteiger partial charge is 0.133 e. The quantitative estimate of drug-likeness (QED) is 0.936. The second-order valence-electron chi connectivity index (χ2n) is 4.31. The van der Waals surface area contributed by atoms with Crippen molar-refractivity contribution in [2.75, 3.05) is 7.11 Å². The molecular weight excluding hydrogens is 280 g/mol. The molecule has 3 rings (SSSR count). The minimum atomic E-state index is 0.658. The highest BCUT2D eigenvalue weighted by Gasteiger charge is 2.26. The summed E-state index contributed by atoms with van der Waals surface area (Å²) in [6.45, 7) is 0. The maximum atomic E-state index is 5.22. The van der Waals surface area contributed by atoms with Gasteiger partial charge in [0.05, 0.1) is 23.5 Å². The van der Waals surface area contributed by atoms with E-state index in [0.29, 0.717) is 5.92 Å². The zero-order valence-electron chi connectivity index (χ0n) is 9.53. The molecule has 1 fully saturated rings. The number of aromatic nitrogens is 2. The Morgan fingerprint density at radius 2 is 2.24 bits per heavy atom. The number of nitrogens with one attached hydrogen (secondary N) is 1. The van der Waals surface area contributed by atoms with Crippen molar-refractivity contribution in [2.45, 2.75) is 18.8 Å². The highest BCUT2D eigenvalue weighted by Crippen LogP contribution is 2.39. The maximum absolute atomic E-state index is 5.22. The van der Waals surface area contributed by atoms with E-state index >= 15 is 0 Å². The summed E-state index contributed by atoms with van der Waals surface area (Å²) in [5.41, 5.74) is 2.19. The van der Waals surface area contributed by atoms with E-state index < -0.39 is 0 Å². The Kier molecular flexibility index (Phi) is 2.67. The molecule has 0 unspecified atom stereocenters. The standard InChI is InChI=1S/C13H13BrN2O/c1-17-12-5-4-9(6-10(12)14)11-7-15-13(16-11)8-2-3-8/h4-8H,2-3H2,1H3,(H,15,16). The third-order valence-electron chi connectivity index (χ3n) is 3.02. The van der Waals surface area contributed by atoms with Gasteiger partial charge in [0, 0.05) is 11.5 Å². The van der Waals surface area contributed by atoms with Crippen LogP contribution in [0.15, 0.2) is 28.9 Å². The number of methoxy groups -OCH3 is 1. The van der Waals surface area contributed by atoms with Crippen molar-refractivity contribution < 1.29 is 4.74 Å².